The molecular weight excluding hydrogens is 176 g/mol. The van der Waals surface area contributed by atoms with Gasteiger partial charge in [0, 0.05) is 6.54 Å². The standard InChI is InChI=1S/C7H18N2O2S/c1-4-9(5-2)7-6-8-12(3,10)11/h8H,4-7H2,1-3H3/p+1. The molecule has 0 amide bonds. The molecule has 0 heterocycles. The van der Waals surface area contributed by atoms with Crippen molar-refractivity contribution in [2.45, 2.75) is 13.8 Å². The van der Waals surface area contributed by atoms with Crippen molar-refractivity contribution in [2.24, 2.45) is 0 Å². The lowest BCUT2D eigenvalue weighted by Gasteiger charge is -2.15. The van der Waals surface area contributed by atoms with Crippen molar-refractivity contribution in [2.75, 3.05) is 32.4 Å². The minimum Gasteiger partial charge on any atom is -0.298 e. The summed E-state index contributed by atoms with van der Waals surface area (Å²) in [5.41, 5.74) is 0. The Kier molecular flexibility index (Phi) is 5.44. The number of likely N-dealkylation sites (N-methyl/N-ethyl adjacent to an activating group) is 1. The van der Waals surface area contributed by atoms with Crippen LogP contribution >= 0.6 is 0 Å². The molecule has 0 saturated heterocycles. The van der Waals surface area contributed by atoms with Crippen LogP contribution in [-0.4, -0.2) is 45.8 Å². The van der Waals surface area contributed by atoms with Gasteiger partial charge in [0.05, 0.1) is 6.26 Å². The summed E-state index contributed by atoms with van der Waals surface area (Å²) in [7, 11) is -2.89. The highest BCUT2D eigenvalue weighted by Crippen LogP contribution is 1.82. The topological polar surface area (TPSA) is 54.0 Å². The minimum absolute atomic E-state index is 0.626. The van der Waals surface area contributed by atoms with E-state index in [1.807, 2.05) is 0 Å². The van der Waals surface area contributed by atoms with Gasteiger partial charge in [0.15, 0.2) is 0 Å². The fraction of sp³-hybridized carbons (Fsp3) is 1.00. The molecule has 0 unspecified atom stereocenters. The zero-order valence-electron chi connectivity index (χ0n) is 8.08. The highest BCUT2D eigenvalue weighted by Gasteiger charge is 2.05. The van der Waals surface area contributed by atoms with E-state index in [1.54, 1.807) is 0 Å². The summed E-state index contributed by atoms with van der Waals surface area (Å²) in [6.07, 6.45) is 1.23. The molecule has 0 aromatic rings. The maximum absolute atomic E-state index is 10.7. The molecule has 0 rings (SSSR count). The smallest absolute Gasteiger partial charge is 0.291 e. The summed E-state index contributed by atoms with van der Waals surface area (Å²) in [6.45, 7) is 7.57. The first-order valence-electron chi connectivity index (χ1n) is 4.25. The zero-order valence-corrected chi connectivity index (χ0v) is 8.89. The molecular formula is C7H19N2O2S+. The van der Waals surface area contributed by atoms with Gasteiger partial charge in [-0.1, -0.05) is 13.8 Å². The van der Waals surface area contributed by atoms with E-state index in [0.29, 0.717) is 6.54 Å². The van der Waals surface area contributed by atoms with Crippen LogP contribution < -0.4 is 4.72 Å². The van der Waals surface area contributed by atoms with E-state index in [4.69, 9.17) is 0 Å². The fourth-order valence-electron chi connectivity index (χ4n) is 0.989. The van der Waals surface area contributed by atoms with Gasteiger partial charge >= 0.3 is 0 Å². The van der Waals surface area contributed by atoms with E-state index in [1.165, 1.54) is 11.0 Å². The second-order valence-corrected chi connectivity index (χ2v) is 4.80. The number of nitrogens with two attached hydrogens (primary N) is 1. The van der Waals surface area contributed by atoms with E-state index >= 15 is 0 Å². The molecule has 0 aliphatic heterocycles. The van der Waals surface area contributed by atoms with E-state index in [0.717, 1.165) is 19.6 Å². The van der Waals surface area contributed by atoms with Crippen LogP contribution in [0.3, 0.4) is 0 Å². The van der Waals surface area contributed by atoms with Crippen LogP contribution in [0.2, 0.25) is 0 Å². The summed E-state index contributed by atoms with van der Waals surface area (Å²) in [6, 6.07) is 0. The minimum atomic E-state index is -2.89. The Balaban J connectivity index is 3.55. The van der Waals surface area contributed by atoms with E-state index in [-0.39, 0.29) is 0 Å². The number of hydrogen-bond acceptors (Lipinski definition) is 3. The molecule has 2 N–H and O–H groups in total. The van der Waals surface area contributed by atoms with Crippen LogP contribution in [0.25, 0.3) is 0 Å². The number of sulfonamides is 1. The van der Waals surface area contributed by atoms with Crippen molar-refractivity contribution in [3.05, 3.63) is 0 Å². The maximum Gasteiger partial charge on any atom is 0.291 e. The molecule has 0 radical (unpaired) electrons. The molecule has 74 valence electrons. The van der Waals surface area contributed by atoms with Gasteiger partial charge in [-0.25, -0.2) is 4.72 Å². The third kappa shape index (κ3) is 6.57. The number of rotatable bonds is 6. The summed E-state index contributed by atoms with van der Waals surface area (Å²) in [5.74, 6) is 0. The van der Waals surface area contributed by atoms with Crippen LogP contribution in [0, 0.1) is 0 Å². The predicted octanol–water partition coefficient (Wildman–Crippen LogP) is -1.15. The van der Waals surface area contributed by atoms with Gasteiger partial charge in [0.2, 0.25) is 0 Å². The lowest BCUT2D eigenvalue weighted by molar-refractivity contribution is -0.496. The summed E-state index contributed by atoms with van der Waals surface area (Å²) in [4.78, 5) is 2.20. The van der Waals surface area contributed by atoms with Gasteiger partial charge in [-0.2, -0.15) is 8.42 Å². The van der Waals surface area contributed by atoms with Crippen LogP contribution in [0.1, 0.15) is 13.8 Å². The third-order valence-corrected chi connectivity index (χ3v) is 2.60. The van der Waals surface area contributed by atoms with E-state index in [2.05, 4.69) is 18.7 Å². The maximum atomic E-state index is 10.7. The monoisotopic (exact) mass is 195 g/mol. The zero-order chi connectivity index (χ0) is 9.61. The first-order valence-corrected chi connectivity index (χ1v) is 6.20. The normalized spacial score (nSPS) is 12.3. The van der Waals surface area contributed by atoms with Crippen LogP contribution in [0.15, 0.2) is 0 Å². The highest BCUT2D eigenvalue weighted by molar-refractivity contribution is 7.83. The van der Waals surface area contributed by atoms with E-state index in [9.17, 15) is 8.42 Å². The fourth-order valence-corrected chi connectivity index (χ4v) is 1.52. The number of hydrogen-bond donors (Lipinski definition) is 1. The second kappa shape index (κ2) is 5.50. The lowest BCUT2D eigenvalue weighted by atomic mass is 10.5. The predicted molar refractivity (Wildman–Crippen MR) is 49.4 cm³/mol. The molecule has 12 heavy (non-hydrogen) atoms. The summed E-state index contributed by atoms with van der Waals surface area (Å²) < 4.78 is 22.8. The largest absolute Gasteiger partial charge is 0.298 e. The average molecular weight is 195 g/mol. The number of quaternary nitrogens is 1. The Morgan fingerprint density at radius 1 is 1.25 bits per heavy atom. The first-order chi connectivity index (χ1) is 5.49. The van der Waals surface area contributed by atoms with Gasteiger partial charge in [-0.15, -0.1) is 0 Å². The van der Waals surface area contributed by atoms with Gasteiger partial charge in [-0.05, 0) is 13.1 Å². The molecule has 0 fully saturated rings. The quantitative estimate of drug-likeness (QED) is 0.582. The van der Waals surface area contributed by atoms with Gasteiger partial charge in [-0.3, -0.25) is 4.90 Å². The number of primary sulfonamides is 1. The SMILES string of the molecule is CCN(CC)CC[NH2+]S(C)(=O)=O. The Bertz CT molecular complexity index is 197. The molecule has 0 atom stereocenters. The van der Waals surface area contributed by atoms with Crippen molar-refractivity contribution in [1.82, 2.24) is 4.90 Å². The van der Waals surface area contributed by atoms with Crippen LogP contribution in [0.5, 0.6) is 0 Å². The van der Waals surface area contributed by atoms with Crippen LogP contribution in [0.4, 0.5) is 0 Å². The van der Waals surface area contributed by atoms with Crippen molar-refractivity contribution < 1.29 is 13.1 Å². The summed E-state index contributed by atoms with van der Waals surface area (Å²) >= 11 is 0. The Morgan fingerprint density at radius 3 is 2.08 bits per heavy atom. The number of nitrogens with zero attached hydrogens (tertiary/aromatic N) is 1. The van der Waals surface area contributed by atoms with Gasteiger partial charge in [0.25, 0.3) is 10.0 Å². The molecule has 0 aliphatic carbocycles. The van der Waals surface area contributed by atoms with Crippen molar-refractivity contribution in [3.63, 3.8) is 0 Å². The molecule has 5 heteroatoms. The molecule has 0 aliphatic rings. The molecule has 0 aromatic heterocycles. The molecule has 0 bridgehead atoms. The van der Waals surface area contributed by atoms with Crippen molar-refractivity contribution >= 4 is 10.0 Å². The molecule has 4 nitrogen and oxygen atoms in total. The highest BCUT2D eigenvalue weighted by atomic mass is 32.2. The van der Waals surface area contributed by atoms with Gasteiger partial charge < -0.3 is 0 Å². The third-order valence-electron chi connectivity index (χ3n) is 1.76. The summed E-state index contributed by atoms with van der Waals surface area (Å²) in [5, 5.41) is 0. The van der Waals surface area contributed by atoms with Gasteiger partial charge in [0.1, 0.15) is 6.54 Å². The average Bonchev–Trinajstić information content (AvgIpc) is 1.96. The van der Waals surface area contributed by atoms with E-state index < -0.39 is 10.0 Å². The molecule has 0 saturated carbocycles. The molecule has 0 spiro atoms. The Morgan fingerprint density at radius 2 is 1.75 bits per heavy atom. The van der Waals surface area contributed by atoms with Crippen molar-refractivity contribution in [3.8, 4) is 0 Å². The lowest BCUT2D eigenvalue weighted by Crippen LogP contribution is -2.88. The second-order valence-electron chi connectivity index (χ2n) is 2.81. The van der Waals surface area contributed by atoms with Crippen molar-refractivity contribution in [1.29, 1.82) is 0 Å². The molecule has 0 aromatic carbocycles. The Labute approximate surface area is 75.0 Å². The van der Waals surface area contributed by atoms with Crippen LogP contribution in [-0.2, 0) is 10.0 Å². The Hall–Kier alpha value is -0.130. The first kappa shape index (κ1) is 11.9.